The topological polar surface area (TPSA) is 46.9 Å². The summed E-state index contributed by atoms with van der Waals surface area (Å²) in [6, 6.07) is 16.8. The van der Waals surface area contributed by atoms with Crippen molar-refractivity contribution < 1.29 is 4.79 Å². The van der Waals surface area contributed by atoms with Gasteiger partial charge in [-0.25, -0.2) is 4.98 Å². The molecule has 1 fully saturated rings. The second-order valence-corrected chi connectivity index (χ2v) is 6.84. The Hall–Kier alpha value is -2.62. The average molecular weight is 333 g/mol. The molecule has 0 bridgehead atoms. The van der Waals surface area contributed by atoms with Crippen molar-refractivity contribution in [3.63, 3.8) is 0 Å². The summed E-state index contributed by atoms with van der Waals surface area (Å²) < 4.78 is 1.94. The quantitative estimate of drug-likeness (QED) is 0.779. The van der Waals surface area contributed by atoms with E-state index in [0.29, 0.717) is 12.6 Å². The van der Waals surface area contributed by atoms with Gasteiger partial charge in [0.05, 0.1) is 17.4 Å². The minimum absolute atomic E-state index is 0.0799. The van der Waals surface area contributed by atoms with E-state index in [-0.39, 0.29) is 5.91 Å². The Labute approximate surface area is 147 Å². The standard InChI is InChI=1S/C21H23N3O/c25-21(23-18-9-5-2-6-10-18)14-24-15-22-19-12-11-17(13-20(19)24)16-7-3-1-4-8-16/h1,3-4,7-8,11-13,15,18H,2,5-6,9-10,14H2,(H,23,25). The molecule has 0 atom stereocenters. The highest BCUT2D eigenvalue weighted by Gasteiger charge is 2.16. The number of amides is 1. The smallest absolute Gasteiger partial charge is 0.240 e. The lowest BCUT2D eigenvalue weighted by atomic mass is 9.95. The molecule has 1 aromatic heterocycles. The summed E-state index contributed by atoms with van der Waals surface area (Å²) in [5, 5.41) is 3.18. The highest BCUT2D eigenvalue weighted by molar-refractivity contribution is 5.84. The van der Waals surface area contributed by atoms with Crippen LogP contribution in [0.5, 0.6) is 0 Å². The minimum Gasteiger partial charge on any atom is -0.352 e. The van der Waals surface area contributed by atoms with Crippen molar-refractivity contribution >= 4 is 16.9 Å². The first-order valence-electron chi connectivity index (χ1n) is 9.09. The summed E-state index contributed by atoms with van der Waals surface area (Å²) >= 11 is 0. The van der Waals surface area contributed by atoms with Crippen LogP contribution < -0.4 is 5.32 Å². The lowest BCUT2D eigenvalue weighted by Crippen LogP contribution is -2.38. The molecular weight excluding hydrogens is 310 g/mol. The molecule has 4 rings (SSSR count). The lowest BCUT2D eigenvalue weighted by Gasteiger charge is -2.22. The SMILES string of the molecule is O=C(Cn1cnc2ccc(-c3ccccc3)cc21)NC1CCCCC1. The number of hydrogen-bond donors (Lipinski definition) is 1. The second-order valence-electron chi connectivity index (χ2n) is 6.84. The van der Waals surface area contributed by atoms with Gasteiger partial charge < -0.3 is 9.88 Å². The van der Waals surface area contributed by atoms with Crippen LogP contribution in [0, 0.1) is 0 Å². The maximum atomic E-state index is 12.4. The van der Waals surface area contributed by atoms with Crippen LogP contribution in [-0.4, -0.2) is 21.5 Å². The summed E-state index contributed by atoms with van der Waals surface area (Å²) in [7, 11) is 0. The fourth-order valence-electron chi connectivity index (χ4n) is 3.67. The highest BCUT2D eigenvalue weighted by Crippen LogP contribution is 2.24. The van der Waals surface area contributed by atoms with E-state index in [1.54, 1.807) is 6.33 Å². The van der Waals surface area contributed by atoms with E-state index in [2.05, 4.69) is 34.6 Å². The van der Waals surface area contributed by atoms with E-state index < -0.39 is 0 Å². The monoisotopic (exact) mass is 333 g/mol. The molecule has 0 spiro atoms. The van der Waals surface area contributed by atoms with Crippen molar-refractivity contribution in [2.24, 2.45) is 0 Å². The van der Waals surface area contributed by atoms with Crippen molar-refractivity contribution in [1.29, 1.82) is 0 Å². The molecule has 25 heavy (non-hydrogen) atoms. The van der Waals surface area contributed by atoms with Gasteiger partial charge in [-0.2, -0.15) is 0 Å². The Morgan fingerprint density at radius 2 is 1.84 bits per heavy atom. The van der Waals surface area contributed by atoms with Crippen LogP contribution in [0.15, 0.2) is 54.9 Å². The number of nitrogens with one attached hydrogen (secondary N) is 1. The van der Waals surface area contributed by atoms with Gasteiger partial charge in [0.1, 0.15) is 6.54 Å². The Balaban J connectivity index is 1.54. The van der Waals surface area contributed by atoms with Crippen molar-refractivity contribution in [2.75, 3.05) is 0 Å². The van der Waals surface area contributed by atoms with E-state index in [1.807, 2.05) is 28.8 Å². The molecule has 1 aliphatic rings. The van der Waals surface area contributed by atoms with Crippen molar-refractivity contribution in [1.82, 2.24) is 14.9 Å². The van der Waals surface area contributed by atoms with Crippen molar-refractivity contribution in [3.05, 3.63) is 54.9 Å². The van der Waals surface area contributed by atoms with E-state index in [9.17, 15) is 4.79 Å². The van der Waals surface area contributed by atoms with E-state index >= 15 is 0 Å². The number of nitrogens with zero attached hydrogens (tertiary/aromatic N) is 2. The van der Waals surface area contributed by atoms with Gasteiger partial charge in [0, 0.05) is 6.04 Å². The third-order valence-electron chi connectivity index (χ3n) is 5.01. The molecule has 0 aliphatic heterocycles. The first-order chi connectivity index (χ1) is 12.3. The molecule has 4 nitrogen and oxygen atoms in total. The molecule has 0 radical (unpaired) electrons. The molecule has 128 valence electrons. The normalized spacial score (nSPS) is 15.4. The van der Waals surface area contributed by atoms with Crippen LogP contribution in [0.4, 0.5) is 0 Å². The largest absolute Gasteiger partial charge is 0.352 e. The number of fused-ring (bicyclic) bond motifs is 1. The molecule has 3 aromatic rings. The van der Waals surface area contributed by atoms with Gasteiger partial charge in [0.15, 0.2) is 0 Å². The maximum Gasteiger partial charge on any atom is 0.240 e. The molecule has 1 saturated carbocycles. The van der Waals surface area contributed by atoms with Gasteiger partial charge >= 0.3 is 0 Å². The lowest BCUT2D eigenvalue weighted by molar-refractivity contribution is -0.122. The van der Waals surface area contributed by atoms with Gasteiger partial charge in [0.2, 0.25) is 5.91 Å². The number of benzene rings is 2. The van der Waals surface area contributed by atoms with Crippen molar-refractivity contribution in [3.8, 4) is 11.1 Å². The van der Waals surface area contributed by atoms with Crippen LogP contribution in [0.3, 0.4) is 0 Å². The number of imidazole rings is 1. The minimum atomic E-state index is 0.0799. The maximum absolute atomic E-state index is 12.4. The number of aromatic nitrogens is 2. The first-order valence-corrected chi connectivity index (χ1v) is 9.09. The number of rotatable bonds is 4. The van der Waals surface area contributed by atoms with Gasteiger partial charge in [-0.1, -0.05) is 55.7 Å². The van der Waals surface area contributed by atoms with Crippen LogP contribution >= 0.6 is 0 Å². The predicted molar refractivity (Wildman–Crippen MR) is 100 cm³/mol. The van der Waals surface area contributed by atoms with Crippen LogP contribution in [-0.2, 0) is 11.3 Å². The molecule has 0 saturated heterocycles. The number of carbonyl (C=O) groups is 1. The van der Waals surface area contributed by atoms with E-state index in [1.165, 1.54) is 24.8 Å². The average Bonchev–Trinajstić information content (AvgIpc) is 3.05. The Kier molecular flexibility index (Phi) is 4.51. The second kappa shape index (κ2) is 7.09. The summed E-state index contributed by atoms with van der Waals surface area (Å²) in [4.78, 5) is 16.9. The van der Waals surface area contributed by atoms with Crippen LogP contribution in [0.25, 0.3) is 22.2 Å². The summed E-state index contributed by atoms with van der Waals surface area (Å²) in [6.45, 7) is 0.325. The summed E-state index contributed by atoms with van der Waals surface area (Å²) in [5.74, 6) is 0.0799. The zero-order valence-corrected chi connectivity index (χ0v) is 14.3. The first kappa shape index (κ1) is 15.9. The fourth-order valence-corrected chi connectivity index (χ4v) is 3.67. The van der Waals surface area contributed by atoms with Crippen LogP contribution in [0.2, 0.25) is 0 Å². The molecule has 0 unspecified atom stereocenters. The Morgan fingerprint density at radius 3 is 2.64 bits per heavy atom. The van der Waals surface area contributed by atoms with Gasteiger partial charge in [-0.05, 0) is 36.1 Å². The van der Waals surface area contributed by atoms with Gasteiger partial charge in [-0.15, -0.1) is 0 Å². The summed E-state index contributed by atoms with van der Waals surface area (Å²) in [6.07, 6.45) is 7.71. The predicted octanol–water partition coefficient (Wildman–Crippen LogP) is 4.15. The third-order valence-corrected chi connectivity index (χ3v) is 5.01. The third kappa shape index (κ3) is 3.58. The molecule has 1 aliphatic carbocycles. The summed E-state index contributed by atoms with van der Waals surface area (Å²) in [5.41, 5.74) is 4.23. The molecule has 2 aromatic carbocycles. The molecular formula is C21H23N3O. The number of hydrogen-bond acceptors (Lipinski definition) is 2. The van der Waals surface area contributed by atoms with E-state index in [4.69, 9.17) is 0 Å². The molecule has 1 heterocycles. The van der Waals surface area contributed by atoms with Gasteiger partial charge in [0.25, 0.3) is 0 Å². The van der Waals surface area contributed by atoms with E-state index in [0.717, 1.165) is 29.4 Å². The Bertz CT molecular complexity index is 863. The zero-order chi connectivity index (χ0) is 17.1. The van der Waals surface area contributed by atoms with Crippen LogP contribution in [0.1, 0.15) is 32.1 Å². The molecule has 1 N–H and O–H groups in total. The molecule has 1 amide bonds. The molecule has 4 heteroatoms. The zero-order valence-electron chi connectivity index (χ0n) is 14.3. The Morgan fingerprint density at radius 1 is 1.04 bits per heavy atom. The number of carbonyl (C=O) groups excluding carboxylic acids is 1. The van der Waals surface area contributed by atoms with Gasteiger partial charge in [-0.3, -0.25) is 4.79 Å². The highest BCUT2D eigenvalue weighted by atomic mass is 16.2. The van der Waals surface area contributed by atoms with Crippen molar-refractivity contribution in [2.45, 2.75) is 44.7 Å². The fraction of sp³-hybridized carbons (Fsp3) is 0.333.